The number of ether oxygens (including phenoxy) is 1. The number of hydrogen-bond donors (Lipinski definition) is 1. The standard InChI is InChI=1S/C21H32N2O3/c1-4-6-7-16(5-2)13-22-21(25)18-12-20(24)23(15-18)14-17-8-10-19(26-3)11-9-17/h8-11,16,18H,4-7,12-15H2,1-3H3,(H,22,25). The van der Waals surface area contributed by atoms with Crippen molar-refractivity contribution in [2.24, 2.45) is 11.8 Å². The van der Waals surface area contributed by atoms with E-state index in [2.05, 4.69) is 19.2 Å². The zero-order valence-corrected chi connectivity index (χ0v) is 16.3. The topological polar surface area (TPSA) is 58.6 Å². The highest BCUT2D eigenvalue weighted by Gasteiger charge is 2.34. The van der Waals surface area contributed by atoms with Crippen molar-refractivity contribution < 1.29 is 14.3 Å². The molecule has 1 aliphatic rings. The van der Waals surface area contributed by atoms with Crippen LogP contribution in [0.2, 0.25) is 0 Å². The Kier molecular flexibility index (Phi) is 7.95. The van der Waals surface area contributed by atoms with Gasteiger partial charge in [0.1, 0.15) is 5.75 Å². The zero-order valence-electron chi connectivity index (χ0n) is 16.3. The Morgan fingerprint density at radius 2 is 2.04 bits per heavy atom. The molecular weight excluding hydrogens is 328 g/mol. The molecule has 2 rings (SSSR count). The Balaban J connectivity index is 1.82. The second-order valence-corrected chi connectivity index (χ2v) is 7.19. The predicted molar refractivity (Wildman–Crippen MR) is 103 cm³/mol. The van der Waals surface area contributed by atoms with Gasteiger partial charge in [-0.1, -0.05) is 45.2 Å². The first kappa shape index (κ1) is 20.3. The van der Waals surface area contributed by atoms with Crippen LogP contribution in [0.25, 0.3) is 0 Å². The molecule has 1 N–H and O–H groups in total. The van der Waals surface area contributed by atoms with E-state index in [0.29, 0.717) is 25.4 Å². The summed E-state index contributed by atoms with van der Waals surface area (Å²) in [5.41, 5.74) is 1.05. The van der Waals surface area contributed by atoms with Gasteiger partial charge in [0, 0.05) is 26.1 Å². The second kappa shape index (κ2) is 10.2. The van der Waals surface area contributed by atoms with Crippen molar-refractivity contribution in [1.82, 2.24) is 10.2 Å². The third-order valence-electron chi connectivity index (χ3n) is 5.23. The van der Waals surface area contributed by atoms with E-state index in [-0.39, 0.29) is 17.7 Å². The van der Waals surface area contributed by atoms with Gasteiger partial charge < -0.3 is 15.0 Å². The average molecular weight is 360 g/mol. The lowest BCUT2D eigenvalue weighted by Crippen LogP contribution is -2.35. The summed E-state index contributed by atoms with van der Waals surface area (Å²) in [5.74, 6) is 1.17. The molecule has 0 saturated carbocycles. The summed E-state index contributed by atoms with van der Waals surface area (Å²) in [5, 5.41) is 3.07. The minimum Gasteiger partial charge on any atom is -0.497 e. The molecule has 5 nitrogen and oxygen atoms in total. The molecule has 2 amide bonds. The van der Waals surface area contributed by atoms with Gasteiger partial charge in [-0.15, -0.1) is 0 Å². The molecule has 1 heterocycles. The van der Waals surface area contributed by atoms with E-state index >= 15 is 0 Å². The predicted octanol–water partition coefficient (Wildman–Crippen LogP) is 3.38. The molecular formula is C21H32N2O3. The Labute approximate surface area is 157 Å². The molecule has 1 aromatic carbocycles. The van der Waals surface area contributed by atoms with Crippen molar-refractivity contribution in [1.29, 1.82) is 0 Å². The summed E-state index contributed by atoms with van der Waals surface area (Å²) < 4.78 is 5.16. The van der Waals surface area contributed by atoms with Gasteiger partial charge in [-0.05, 0) is 30.0 Å². The Morgan fingerprint density at radius 3 is 2.65 bits per heavy atom. The third-order valence-corrected chi connectivity index (χ3v) is 5.23. The minimum atomic E-state index is -0.232. The number of carbonyl (C=O) groups excluding carboxylic acids is 2. The summed E-state index contributed by atoms with van der Waals surface area (Å²) >= 11 is 0. The largest absolute Gasteiger partial charge is 0.497 e. The summed E-state index contributed by atoms with van der Waals surface area (Å²) in [6, 6.07) is 7.70. The van der Waals surface area contributed by atoms with E-state index in [9.17, 15) is 9.59 Å². The number of methoxy groups -OCH3 is 1. The van der Waals surface area contributed by atoms with E-state index in [1.165, 1.54) is 12.8 Å². The first-order valence-electron chi connectivity index (χ1n) is 9.75. The lowest BCUT2D eigenvalue weighted by atomic mass is 9.99. The average Bonchev–Trinajstić information content (AvgIpc) is 3.03. The van der Waals surface area contributed by atoms with Crippen LogP contribution >= 0.6 is 0 Å². The first-order valence-corrected chi connectivity index (χ1v) is 9.75. The second-order valence-electron chi connectivity index (χ2n) is 7.19. The number of nitrogens with zero attached hydrogens (tertiary/aromatic N) is 1. The summed E-state index contributed by atoms with van der Waals surface area (Å²) in [6.07, 6.45) is 4.93. The number of likely N-dealkylation sites (tertiary alicyclic amines) is 1. The number of benzene rings is 1. The van der Waals surface area contributed by atoms with Gasteiger partial charge in [0.2, 0.25) is 11.8 Å². The number of rotatable bonds is 10. The fourth-order valence-electron chi connectivity index (χ4n) is 3.38. The van der Waals surface area contributed by atoms with E-state index in [0.717, 1.165) is 30.7 Å². The maximum absolute atomic E-state index is 12.5. The maximum atomic E-state index is 12.5. The number of hydrogen-bond acceptors (Lipinski definition) is 3. The Bertz CT molecular complexity index is 585. The molecule has 1 fully saturated rings. The first-order chi connectivity index (χ1) is 12.6. The van der Waals surface area contributed by atoms with E-state index < -0.39 is 0 Å². The number of nitrogens with one attached hydrogen (secondary N) is 1. The lowest BCUT2D eigenvalue weighted by molar-refractivity contribution is -0.129. The monoisotopic (exact) mass is 360 g/mol. The van der Waals surface area contributed by atoms with Crippen LogP contribution in [-0.4, -0.2) is 36.9 Å². The van der Waals surface area contributed by atoms with Crippen LogP contribution in [0.1, 0.15) is 51.5 Å². The molecule has 26 heavy (non-hydrogen) atoms. The van der Waals surface area contributed by atoms with Crippen LogP contribution in [0.15, 0.2) is 24.3 Å². The molecule has 2 unspecified atom stereocenters. The van der Waals surface area contributed by atoms with E-state index in [1.54, 1.807) is 12.0 Å². The van der Waals surface area contributed by atoms with Crippen LogP contribution < -0.4 is 10.1 Å². The van der Waals surface area contributed by atoms with Crippen LogP contribution in [-0.2, 0) is 16.1 Å². The number of unbranched alkanes of at least 4 members (excludes halogenated alkanes) is 1. The molecule has 0 aliphatic carbocycles. The van der Waals surface area contributed by atoms with Crippen LogP contribution in [0.4, 0.5) is 0 Å². The third kappa shape index (κ3) is 5.75. The number of amides is 2. The zero-order chi connectivity index (χ0) is 18.9. The Morgan fingerprint density at radius 1 is 1.31 bits per heavy atom. The molecule has 0 spiro atoms. The molecule has 1 saturated heterocycles. The molecule has 0 bridgehead atoms. The van der Waals surface area contributed by atoms with Gasteiger partial charge >= 0.3 is 0 Å². The van der Waals surface area contributed by atoms with Crippen LogP contribution in [0.5, 0.6) is 5.75 Å². The van der Waals surface area contributed by atoms with Crippen LogP contribution in [0.3, 0.4) is 0 Å². The van der Waals surface area contributed by atoms with Crippen molar-refractivity contribution in [3.8, 4) is 5.75 Å². The van der Waals surface area contributed by atoms with Crippen molar-refractivity contribution in [3.63, 3.8) is 0 Å². The van der Waals surface area contributed by atoms with Gasteiger partial charge in [-0.3, -0.25) is 9.59 Å². The highest BCUT2D eigenvalue weighted by atomic mass is 16.5. The molecule has 1 aliphatic heterocycles. The van der Waals surface area contributed by atoms with Crippen molar-refractivity contribution in [2.75, 3.05) is 20.2 Å². The van der Waals surface area contributed by atoms with Crippen LogP contribution in [0, 0.1) is 11.8 Å². The van der Waals surface area contributed by atoms with Gasteiger partial charge in [0.15, 0.2) is 0 Å². The molecule has 1 aromatic rings. The normalized spacial score (nSPS) is 18.0. The van der Waals surface area contributed by atoms with Gasteiger partial charge in [-0.2, -0.15) is 0 Å². The highest BCUT2D eigenvalue weighted by Crippen LogP contribution is 2.22. The molecule has 144 valence electrons. The van der Waals surface area contributed by atoms with Crippen molar-refractivity contribution >= 4 is 11.8 Å². The van der Waals surface area contributed by atoms with Crippen molar-refractivity contribution in [2.45, 2.75) is 52.5 Å². The summed E-state index contributed by atoms with van der Waals surface area (Å²) in [6.45, 7) is 6.12. The fraction of sp³-hybridized carbons (Fsp3) is 0.619. The lowest BCUT2D eigenvalue weighted by Gasteiger charge is -2.18. The molecule has 2 atom stereocenters. The van der Waals surface area contributed by atoms with E-state index in [4.69, 9.17) is 4.74 Å². The fourth-order valence-corrected chi connectivity index (χ4v) is 3.38. The minimum absolute atomic E-state index is 0.0190. The quantitative estimate of drug-likeness (QED) is 0.696. The highest BCUT2D eigenvalue weighted by molar-refractivity contribution is 5.89. The summed E-state index contributed by atoms with van der Waals surface area (Å²) in [7, 11) is 1.63. The molecule has 0 radical (unpaired) electrons. The smallest absolute Gasteiger partial charge is 0.225 e. The van der Waals surface area contributed by atoms with Crippen molar-refractivity contribution in [3.05, 3.63) is 29.8 Å². The Hall–Kier alpha value is -2.04. The van der Waals surface area contributed by atoms with Gasteiger partial charge in [-0.25, -0.2) is 0 Å². The SMILES string of the molecule is CCCCC(CC)CNC(=O)C1CC(=O)N(Cc2ccc(OC)cc2)C1. The molecule has 5 heteroatoms. The molecule has 0 aromatic heterocycles. The summed E-state index contributed by atoms with van der Waals surface area (Å²) in [4.78, 5) is 26.5. The van der Waals surface area contributed by atoms with E-state index in [1.807, 2.05) is 24.3 Å². The number of carbonyl (C=O) groups is 2. The van der Waals surface area contributed by atoms with Gasteiger partial charge in [0.05, 0.1) is 13.0 Å². The van der Waals surface area contributed by atoms with Gasteiger partial charge in [0.25, 0.3) is 0 Å². The maximum Gasteiger partial charge on any atom is 0.225 e.